The third-order valence-corrected chi connectivity index (χ3v) is 11.1. The van der Waals surface area contributed by atoms with Gasteiger partial charge in [0.25, 0.3) is 0 Å². The summed E-state index contributed by atoms with van der Waals surface area (Å²) in [5.74, 6) is 0.116. The van der Waals surface area contributed by atoms with Gasteiger partial charge in [-0.15, -0.1) is 29.3 Å². The average Bonchev–Trinajstić information content (AvgIpc) is 3.24. The van der Waals surface area contributed by atoms with E-state index in [1.54, 1.807) is 59.2 Å². The van der Waals surface area contributed by atoms with Gasteiger partial charge in [-0.25, -0.2) is 4.98 Å². The first-order valence-corrected chi connectivity index (χ1v) is 20.5. The van der Waals surface area contributed by atoms with Gasteiger partial charge in [0, 0.05) is 56.4 Å². The van der Waals surface area contributed by atoms with Crippen molar-refractivity contribution in [3.63, 3.8) is 0 Å². The number of nitrogens with zero attached hydrogens (tertiary/aromatic N) is 3. The molecule has 6 aromatic carbocycles. The number of aromatic hydroxyl groups is 1. The summed E-state index contributed by atoms with van der Waals surface area (Å²) in [6.45, 7) is 7.23. The van der Waals surface area contributed by atoms with Crippen LogP contribution in [0.15, 0.2) is 139 Å². The Morgan fingerprint density at radius 1 is 0.603 bits per heavy atom. The largest absolute Gasteiger partial charge is 0.507 e. The van der Waals surface area contributed by atoms with Gasteiger partial charge in [0.15, 0.2) is 0 Å². The summed E-state index contributed by atoms with van der Waals surface area (Å²) in [4.78, 5) is 9.81. The molecule has 0 amide bonds. The molecule has 1 N–H and O–H groups in total. The topological polar surface area (TPSA) is 50.9 Å². The standard InChI is InChI=1S/C58H60N3O.Pt/c1-55(2,3)42-26-27-50(46(34-42)38-22-17-14-18-23-38)61-51-25-19-24-45(52(51)60-54(61)47-35-44(57(7,8)9)36-48(53(47)62)58(10,11)12)40-30-41(32-43(31-40)56(4,5)6)49-33-39(28-29-59-49)37-20-15-13-16-21-37;/h13-29,31-36,62H,1-12H3;/q-1;/i1D3,2D3,3D3,13D,15D,16D,20D,21D,28D,29D,33D;. The molecule has 8 aromatic rings. The quantitative estimate of drug-likeness (QED) is 0.169. The summed E-state index contributed by atoms with van der Waals surface area (Å²) < 4.78 is 149. The van der Waals surface area contributed by atoms with Crippen LogP contribution in [-0.4, -0.2) is 19.6 Å². The molecule has 0 saturated carbocycles. The number of phenolic OH excluding ortho intramolecular Hbond substituents is 1. The van der Waals surface area contributed by atoms with E-state index in [1.165, 1.54) is 18.2 Å². The summed E-state index contributed by atoms with van der Waals surface area (Å²) in [5, 5.41) is 12.6. The Balaban J connectivity index is 0.00000924. The molecule has 0 unspecified atom stereocenters. The Morgan fingerprint density at radius 3 is 1.94 bits per heavy atom. The normalized spacial score (nSPS) is 16.9. The van der Waals surface area contributed by atoms with Gasteiger partial charge in [0.05, 0.1) is 33.3 Å². The number of pyridine rings is 1. The van der Waals surface area contributed by atoms with Gasteiger partial charge in [-0.1, -0.05) is 185 Å². The fraction of sp³-hybridized carbons (Fsp3) is 0.276. The van der Waals surface area contributed by atoms with Crippen LogP contribution >= 0.6 is 0 Å². The molecule has 0 aliphatic heterocycles. The molecule has 5 heteroatoms. The Bertz CT molecular complexity index is 3680. The first-order valence-electron chi connectivity index (χ1n) is 29.0. The molecule has 0 bridgehead atoms. The summed E-state index contributed by atoms with van der Waals surface area (Å²) in [7, 11) is 0. The average molecular weight is 1030 g/mol. The Morgan fingerprint density at radius 2 is 1.27 bits per heavy atom. The van der Waals surface area contributed by atoms with Gasteiger partial charge in [-0.05, 0) is 79.8 Å². The molecule has 0 radical (unpaired) electrons. The molecule has 4 nitrogen and oxygen atoms in total. The molecule has 0 aliphatic carbocycles. The fourth-order valence-corrected chi connectivity index (χ4v) is 7.58. The molecule has 324 valence electrons. The molecular formula is C58H60N3OPt-. The summed E-state index contributed by atoms with van der Waals surface area (Å²) in [5.41, 5.74) is -1.13. The number of para-hydroxylation sites is 1. The van der Waals surface area contributed by atoms with E-state index in [0.717, 1.165) is 5.56 Å². The molecule has 0 atom stereocenters. The fourth-order valence-electron chi connectivity index (χ4n) is 7.58. The molecule has 8 rings (SSSR count). The van der Waals surface area contributed by atoms with E-state index in [9.17, 15) is 6.48 Å². The zero-order chi connectivity index (χ0) is 58.8. The van der Waals surface area contributed by atoms with Crippen LogP contribution in [0.2, 0.25) is 0 Å². The van der Waals surface area contributed by atoms with Crippen molar-refractivity contribution in [2.75, 3.05) is 0 Å². The van der Waals surface area contributed by atoms with Gasteiger partial charge in [-0.3, -0.25) is 9.55 Å². The minimum Gasteiger partial charge on any atom is -0.507 e. The van der Waals surface area contributed by atoms with E-state index in [2.05, 4.69) is 11.1 Å². The van der Waals surface area contributed by atoms with Crippen LogP contribution in [0.5, 0.6) is 5.75 Å². The maximum absolute atomic E-state index is 12.6. The zero-order valence-corrected chi connectivity index (χ0v) is 39.0. The number of hydrogen-bond acceptors (Lipinski definition) is 3. The number of imidazole rings is 1. The molecule has 2 heterocycles. The summed E-state index contributed by atoms with van der Waals surface area (Å²) >= 11 is 0. The van der Waals surface area contributed by atoms with Crippen molar-refractivity contribution in [1.29, 1.82) is 0 Å². The van der Waals surface area contributed by atoms with Gasteiger partial charge in [0.2, 0.25) is 0 Å². The number of aromatic nitrogens is 3. The van der Waals surface area contributed by atoms with Gasteiger partial charge in [0.1, 0.15) is 11.6 Å². The molecule has 0 saturated heterocycles. The number of rotatable bonds is 6. The van der Waals surface area contributed by atoms with Crippen LogP contribution in [0, 0.1) is 6.07 Å². The van der Waals surface area contributed by atoms with E-state index in [1.807, 2.05) is 80.5 Å². The number of benzene rings is 6. The van der Waals surface area contributed by atoms with Crippen LogP contribution in [-0.2, 0) is 42.7 Å². The second-order valence-corrected chi connectivity index (χ2v) is 18.9. The Hall–Kier alpha value is -5.57. The van der Waals surface area contributed by atoms with Crippen LogP contribution in [0.3, 0.4) is 0 Å². The second kappa shape index (κ2) is 16.9. The van der Waals surface area contributed by atoms with Gasteiger partial charge in [-0.2, -0.15) is 0 Å². The van der Waals surface area contributed by atoms with Crippen molar-refractivity contribution in [2.24, 2.45) is 0 Å². The van der Waals surface area contributed by atoms with Crippen LogP contribution in [0.1, 0.15) is 128 Å². The summed E-state index contributed by atoms with van der Waals surface area (Å²) in [6, 6.07) is 24.5. The Kier molecular flexibility index (Phi) is 7.56. The maximum Gasteiger partial charge on any atom is 0.148 e. The van der Waals surface area contributed by atoms with Crippen molar-refractivity contribution in [3.05, 3.63) is 168 Å². The molecule has 0 fully saturated rings. The monoisotopic (exact) mass is 1030 g/mol. The van der Waals surface area contributed by atoms with Crippen molar-refractivity contribution < 1.29 is 49.5 Å². The maximum atomic E-state index is 12.6. The third-order valence-electron chi connectivity index (χ3n) is 11.1. The van der Waals surface area contributed by atoms with Crippen molar-refractivity contribution >= 4 is 11.0 Å². The van der Waals surface area contributed by atoms with E-state index in [-0.39, 0.29) is 55.0 Å². The minimum atomic E-state index is -3.57. The predicted octanol–water partition coefficient (Wildman–Crippen LogP) is 15.4. The number of hydrogen-bond donors (Lipinski definition) is 1. The number of phenols is 1. The number of fused-ring (bicyclic) bond motifs is 1. The van der Waals surface area contributed by atoms with Crippen LogP contribution in [0.4, 0.5) is 0 Å². The van der Waals surface area contributed by atoms with Crippen LogP contribution < -0.4 is 0 Å². The van der Waals surface area contributed by atoms with Gasteiger partial charge < -0.3 is 5.11 Å². The molecule has 0 spiro atoms. The van der Waals surface area contributed by atoms with E-state index in [4.69, 9.17) is 26.9 Å². The van der Waals surface area contributed by atoms with E-state index in [0.29, 0.717) is 50.1 Å². The minimum absolute atomic E-state index is 0. The molecular weight excluding hydrogens is 950 g/mol. The summed E-state index contributed by atoms with van der Waals surface area (Å²) in [6.07, 6.45) is -0.615. The molecule has 63 heavy (non-hydrogen) atoms. The second-order valence-electron chi connectivity index (χ2n) is 18.9. The molecule has 2 aromatic heterocycles. The van der Waals surface area contributed by atoms with Crippen molar-refractivity contribution in [1.82, 2.24) is 14.5 Å². The predicted molar refractivity (Wildman–Crippen MR) is 261 cm³/mol. The van der Waals surface area contributed by atoms with Crippen molar-refractivity contribution in [3.8, 4) is 67.5 Å². The third kappa shape index (κ3) is 9.11. The first kappa shape index (κ1) is 28.3. The van der Waals surface area contributed by atoms with E-state index < -0.39 is 102 Å². The SMILES string of the molecule is [2H]c1nc(-c2[c-]c(-c3cccc4c3nc(-c3cc(C(C)(C)C)cc(C(C)(C)C)c3O)n4-c3ccc(C(C([2H])([2H])[2H])(C([2H])([2H])[2H])C([2H])([2H])[2H])cc3-c3ccccc3)cc(C(C)(C)C)c2)c([2H])c(-c2c([2H])c([2H])c([2H])c([2H])c2[2H])c1[2H].[Pt]. The first-order chi connectivity index (χ1) is 36.2. The van der Waals surface area contributed by atoms with Crippen molar-refractivity contribution in [2.45, 2.75) is 105 Å². The van der Waals surface area contributed by atoms with Gasteiger partial charge >= 0.3 is 0 Å². The zero-order valence-electron chi connectivity index (χ0n) is 53.8. The van der Waals surface area contributed by atoms with E-state index >= 15 is 0 Å². The van der Waals surface area contributed by atoms with Crippen LogP contribution in [0.25, 0.3) is 72.7 Å². The Labute approximate surface area is 413 Å². The smallest absolute Gasteiger partial charge is 0.148 e. The molecule has 0 aliphatic rings.